The standard InChI is InChI=1S/C23H34F2N8O4SSi/c1-16-14-17(30-22(27-16)33-6-4-23(24,25)5-7-33)29-21(35)19-20(32-8-12-39(2,3)13-9-32)28-18(15-26-19)31-38(36,37)11-10-34/h14-15,34H,4-13H2,1-3H3,(H,28,31)(H,27,29,30,35). The van der Waals surface area contributed by atoms with E-state index in [0.29, 0.717) is 18.8 Å². The fraction of sp³-hybridized carbons (Fsp3) is 0.609. The molecular weight excluding hydrogens is 550 g/mol. The number of alkyl halides is 2. The molecule has 2 fully saturated rings. The second-order valence-electron chi connectivity index (χ2n) is 10.7. The number of nitrogens with one attached hydrogen (secondary N) is 2. The maximum absolute atomic E-state index is 13.6. The number of aliphatic hydroxyl groups is 1. The number of halogens is 2. The van der Waals surface area contributed by atoms with Crippen molar-refractivity contribution < 1.29 is 27.1 Å². The molecule has 3 N–H and O–H groups in total. The maximum atomic E-state index is 13.6. The molecular formula is C23H34F2N8O4SSi. The van der Waals surface area contributed by atoms with Crippen molar-refractivity contribution in [1.82, 2.24) is 19.9 Å². The number of hydrogen-bond donors (Lipinski definition) is 3. The number of aliphatic hydroxyl groups excluding tert-OH is 1. The van der Waals surface area contributed by atoms with Gasteiger partial charge in [-0.05, 0) is 19.0 Å². The van der Waals surface area contributed by atoms with E-state index in [0.717, 1.165) is 18.3 Å². The van der Waals surface area contributed by atoms with Crippen LogP contribution in [-0.4, -0.2) is 91.9 Å². The second-order valence-corrected chi connectivity index (χ2v) is 17.9. The van der Waals surface area contributed by atoms with Crippen LogP contribution in [0.5, 0.6) is 0 Å². The Kier molecular flexibility index (Phi) is 8.37. The molecule has 2 aromatic heterocycles. The predicted octanol–water partition coefficient (Wildman–Crippen LogP) is 2.33. The van der Waals surface area contributed by atoms with Gasteiger partial charge < -0.3 is 20.2 Å². The van der Waals surface area contributed by atoms with Crippen LogP contribution < -0.4 is 19.8 Å². The van der Waals surface area contributed by atoms with Gasteiger partial charge in [0.25, 0.3) is 11.8 Å². The molecule has 214 valence electrons. The van der Waals surface area contributed by atoms with Crippen molar-refractivity contribution in [1.29, 1.82) is 0 Å². The lowest BCUT2D eigenvalue weighted by Crippen LogP contribution is -2.44. The van der Waals surface area contributed by atoms with Crippen molar-refractivity contribution in [2.24, 2.45) is 0 Å². The molecule has 2 saturated heterocycles. The molecule has 2 aliphatic rings. The number of rotatable bonds is 8. The fourth-order valence-electron chi connectivity index (χ4n) is 4.43. The van der Waals surface area contributed by atoms with Gasteiger partial charge in [0, 0.05) is 50.8 Å². The molecule has 39 heavy (non-hydrogen) atoms. The van der Waals surface area contributed by atoms with Crippen LogP contribution in [-0.2, 0) is 10.0 Å². The van der Waals surface area contributed by atoms with Crippen molar-refractivity contribution in [3.8, 4) is 0 Å². The summed E-state index contributed by atoms with van der Waals surface area (Å²) in [5, 5.41) is 11.8. The van der Waals surface area contributed by atoms with E-state index >= 15 is 0 Å². The van der Waals surface area contributed by atoms with Crippen LogP contribution in [0.4, 0.5) is 32.2 Å². The Balaban J connectivity index is 1.60. The SMILES string of the molecule is Cc1cc(NC(=O)c2ncc(NS(=O)(=O)CCO)nc2N2CC[Si](C)(C)CC2)nc(N2CCC(F)(F)CC2)n1. The van der Waals surface area contributed by atoms with E-state index in [1.54, 1.807) is 17.9 Å². The number of hydrogen-bond acceptors (Lipinski definition) is 10. The highest BCUT2D eigenvalue weighted by Crippen LogP contribution is 2.31. The summed E-state index contributed by atoms with van der Waals surface area (Å²) in [7, 11) is -5.21. The number of nitrogens with zero attached hydrogens (tertiary/aromatic N) is 6. The number of aromatic nitrogens is 4. The molecule has 0 unspecified atom stereocenters. The van der Waals surface area contributed by atoms with Crippen molar-refractivity contribution in [3.63, 3.8) is 0 Å². The number of anilines is 4. The van der Waals surface area contributed by atoms with Gasteiger partial charge in [-0.2, -0.15) is 4.98 Å². The first kappa shape index (κ1) is 29.0. The highest BCUT2D eigenvalue weighted by atomic mass is 32.2. The van der Waals surface area contributed by atoms with Crippen LogP contribution in [0.1, 0.15) is 29.0 Å². The molecule has 0 bridgehead atoms. The molecule has 0 radical (unpaired) electrons. The molecule has 12 nitrogen and oxygen atoms in total. The van der Waals surface area contributed by atoms with Crippen molar-refractivity contribution in [2.45, 2.75) is 50.9 Å². The minimum atomic E-state index is -3.84. The van der Waals surface area contributed by atoms with E-state index in [1.807, 2.05) is 4.90 Å². The molecule has 4 rings (SSSR count). The highest BCUT2D eigenvalue weighted by Gasteiger charge is 2.35. The summed E-state index contributed by atoms with van der Waals surface area (Å²) in [4.78, 5) is 34.4. The zero-order chi connectivity index (χ0) is 28.4. The third-order valence-electron chi connectivity index (χ3n) is 6.87. The molecule has 1 amide bonds. The lowest BCUT2D eigenvalue weighted by molar-refractivity contribution is -0.0222. The van der Waals surface area contributed by atoms with E-state index in [2.05, 4.69) is 43.1 Å². The third-order valence-corrected chi connectivity index (χ3v) is 11.3. The first-order valence-electron chi connectivity index (χ1n) is 12.8. The van der Waals surface area contributed by atoms with Gasteiger partial charge in [0.1, 0.15) is 5.82 Å². The van der Waals surface area contributed by atoms with Crippen molar-refractivity contribution >= 4 is 47.4 Å². The summed E-state index contributed by atoms with van der Waals surface area (Å²) in [6.45, 7) is 7.25. The van der Waals surface area contributed by atoms with E-state index in [4.69, 9.17) is 5.11 Å². The van der Waals surface area contributed by atoms with Gasteiger partial charge in [0.15, 0.2) is 17.3 Å². The molecule has 0 atom stereocenters. The normalized spacial score (nSPS) is 19.0. The Morgan fingerprint density at radius 2 is 1.74 bits per heavy atom. The lowest BCUT2D eigenvalue weighted by atomic mass is 10.1. The number of carbonyl (C=O) groups is 1. The fourth-order valence-corrected chi connectivity index (χ4v) is 7.19. The largest absolute Gasteiger partial charge is 0.395 e. The van der Waals surface area contributed by atoms with Gasteiger partial charge in [0.05, 0.1) is 26.6 Å². The van der Waals surface area contributed by atoms with Gasteiger partial charge in [0.2, 0.25) is 16.0 Å². The van der Waals surface area contributed by atoms with E-state index in [-0.39, 0.29) is 55.0 Å². The topological polar surface area (TPSA) is 154 Å². The molecule has 4 heterocycles. The Labute approximate surface area is 227 Å². The number of piperidine rings is 1. The van der Waals surface area contributed by atoms with Crippen LogP contribution in [0, 0.1) is 6.92 Å². The van der Waals surface area contributed by atoms with Crippen LogP contribution in [0.3, 0.4) is 0 Å². The van der Waals surface area contributed by atoms with Crippen LogP contribution in [0.25, 0.3) is 0 Å². The summed E-state index contributed by atoms with van der Waals surface area (Å²) >= 11 is 0. The van der Waals surface area contributed by atoms with Crippen molar-refractivity contribution in [2.75, 3.05) is 58.4 Å². The summed E-state index contributed by atoms with van der Waals surface area (Å²) in [6, 6.07) is 3.51. The Hall–Kier alpha value is -2.98. The Morgan fingerprint density at radius 1 is 1.08 bits per heavy atom. The highest BCUT2D eigenvalue weighted by molar-refractivity contribution is 7.92. The van der Waals surface area contributed by atoms with E-state index in [1.165, 1.54) is 0 Å². The summed E-state index contributed by atoms with van der Waals surface area (Å²) < 4.78 is 53.9. The molecule has 0 aliphatic carbocycles. The van der Waals surface area contributed by atoms with Crippen LogP contribution in [0.15, 0.2) is 12.3 Å². The minimum Gasteiger partial charge on any atom is -0.395 e. The predicted molar refractivity (Wildman–Crippen MR) is 147 cm³/mol. The number of sulfonamides is 1. The van der Waals surface area contributed by atoms with Gasteiger partial charge >= 0.3 is 0 Å². The maximum Gasteiger partial charge on any atom is 0.279 e. The monoisotopic (exact) mass is 584 g/mol. The Bertz CT molecular complexity index is 1310. The minimum absolute atomic E-state index is 0.00286. The first-order chi connectivity index (χ1) is 18.3. The zero-order valence-electron chi connectivity index (χ0n) is 22.2. The van der Waals surface area contributed by atoms with Gasteiger partial charge in [-0.1, -0.05) is 13.1 Å². The first-order valence-corrected chi connectivity index (χ1v) is 17.9. The molecule has 2 aliphatic heterocycles. The second kappa shape index (κ2) is 11.2. The summed E-state index contributed by atoms with van der Waals surface area (Å²) in [5.74, 6) is -3.18. The smallest absolute Gasteiger partial charge is 0.279 e. The average molecular weight is 585 g/mol. The number of aryl methyl sites for hydroxylation is 1. The molecule has 2 aromatic rings. The number of amides is 1. The third kappa shape index (κ3) is 7.57. The van der Waals surface area contributed by atoms with Crippen molar-refractivity contribution in [3.05, 3.63) is 23.7 Å². The Morgan fingerprint density at radius 3 is 2.38 bits per heavy atom. The molecule has 0 aromatic carbocycles. The van der Waals surface area contributed by atoms with Gasteiger partial charge in [-0.25, -0.2) is 32.2 Å². The average Bonchev–Trinajstić information content (AvgIpc) is 2.83. The van der Waals surface area contributed by atoms with Gasteiger partial charge in [-0.15, -0.1) is 0 Å². The summed E-state index contributed by atoms with van der Waals surface area (Å²) in [5.41, 5.74) is 0.549. The molecule has 0 spiro atoms. The number of carbonyl (C=O) groups excluding carboxylic acids is 1. The molecule has 0 saturated carbocycles. The van der Waals surface area contributed by atoms with Crippen LogP contribution >= 0.6 is 0 Å². The van der Waals surface area contributed by atoms with E-state index in [9.17, 15) is 22.0 Å². The quantitative estimate of drug-likeness (QED) is 0.394. The lowest BCUT2D eigenvalue weighted by Gasteiger charge is -2.36. The molecule has 16 heteroatoms. The van der Waals surface area contributed by atoms with Gasteiger partial charge in [-0.3, -0.25) is 9.52 Å². The van der Waals surface area contributed by atoms with Crippen LogP contribution in [0.2, 0.25) is 25.2 Å². The zero-order valence-corrected chi connectivity index (χ0v) is 24.1. The van der Waals surface area contributed by atoms with E-state index < -0.39 is 42.3 Å². The summed E-state index contributed by atoms with van der Waals surface area (Å²) in [6.07, 6.45) is 0.560.